The van der Waals surface area contributed by atoms with Crippen LogP contribution in [0.4, 0.5) is 5.69 Å². The van der Waals surface area contributed by atoms with Gasteiger partial charge in [-0.1, -0.05) is 30.3 Å². The van der Waals surface area contributed by atoms with Crippen LogP contribution in [0.15, 0.2) is 54.6 Å². The molecule has 0 aliphatic rings. The standard InChI is InChI=1S/C18H15NO6S/c20-16(10-15(17(21)22)13-4-2-1-3-5-13)18(26)25-11-12-6-8-14(9-7-12)19(23)24/h1-9,15H,10-11H2,(H,21,22). The summed E-state index contributed by atoms with van der Waals surface area (Å²) in [6.45, 7) is -0.0361. The van der Waals surface area contributed by atoms with Crippen molar-refractivity contribution in [1.29, 1.82) is 0 Å². The SMILES string of the molecule is O=C(CC(C(=O)O)c1ccccc1)C(=S)OCc1ccc([N+](=O)[O-])cc1. The van der Waals surface area contributed by atoms with E-state index in [1.807, 2.05) is 0 Å². The van der Waals surface area contributed by atoms with Gasteiger partial charge < -0.3 is 9.84 Å². The van der Waals surface area contributed by atoms with Gasteiger partial charge >= 0.3 is 5.97 Å². The molecule has 0 aromatic heterocycles. The van der Waals surface area contributed by atoms with Crippen molar-refractivity contribution < 1.29 is 24.4 Å². The largest absolute Gasteiger partial charge is 0.481 e. The summed E-state index contributed by atoms with van der Waals surface area (Å²) >= 11 is 4.93. The molecule has 0 saturated heterocycles. The van der Waals surface area contributed by atoms with E-state index in [9.17, 15) is 24.8 Å². The van der Waals surface area contributed by atoms with Crippen molar-refractivity contribution in [3.8, 4) is 0 Å². The van der Waals surface area contributed by atoms with Gasteiger partial charge in [-0.3, -0.25) is 19.7 Å². The van der Waals surface area contributed by atoms with E-state index in [2.05, 4.69) is 0 Å². The summed E-state index contributed by atoms with van der Waals surface area (Å²) < 4.78 is 5.23. The summed E-state index contributed by atoms with van der Waals surface area (Å²) in [5.74, 6) is -2.72. The number of benzene rings is 2. The smallest absolute Gasteiger partial charge is 0.311 e. The zero-order chi connectivity index (χ0) is 19.1. The third kappa shape index (κ3) is 5.18. The molecule has 0 heterocycles. The summed E-state index contributed by atoms with van der Waals surface area (Å²) in [7, 11) is 0. The lowest BCUT2D eigenvalue weighted by Crippen LogP contribution is -2.22. The van der Waals surface area contributed by atoms with Crippen molar-refractivity contribution in [2.24, 2.45) is 0 Å². The molecule has 2 aromatic rings. The van der Waals surface area contributed by atoms with Crippen molar-refractivity contribution in [2.75, 3.05) is 0 Å². The molecular weight excluding hydrogens is 358 g/mol. The van der Waals surface area contributed by atoms with Gasteiger partial charge in [0.1, 0.15) is 6.61 Å². The summed E-state index contributed by atoms with van der Waals surface area (Å²) in [4.78, 5) is 33.7. The average molecular weight is 373 g/mol. The average Bonchev–Trinajstić information content (AvgIpc) is 2.64. The van der Waals surface area contributed by atoms with Crippen LogP contribution >= 0.6 is 12.2 Å². The first-order valence-electron chi connectivity index (χ1n) is 7.59. The molecule has 1 atom stereocenters. The quantitative estimate of drug-likeness (QED) is 0.430. The Bertz CT molecular complexity index is 819. The van der Waals surface area contributed by atoms with Crippen molar-refractivity contribution >= 4 is 34.7 Å². The van der Waals surface area contributed by atoms with Crippen LogP contribution in [0.1, 0.15) is 23.5 Å². The number of hydrogen-bond donors (Lipinski definition) is 1. The van der Waals surface area contributed by atoms with Gasteiger partial charge in [-0.05, 0) is 35.5 Å². The number of thiocarbonyl (C=S) groups is 1. The van der Waals surface area contributed by atoms with E-state index in [0.29, 0.717) is 11.1 Å². The highest BCUT2D eigenvalue weighted by Gasteiger charge is 2.25. The number of ether oxygens (including phenoxy) is 1. The number of ketones is 1. The lowest BCUT2D eigenvalue weighted by molar-refractivity contribution is -0.384. The first kappa shape index (κ1) is 19.2. The summed E-state index contributed by atoms with van der Waals surface area (Å²) in [6.07, 6.45) is -0.307. The van der Waals surface area contributed by atoms with Crippen LogP contribution in [-0.4, -0.2) is 26.8 Å². The van der Waals surface area contributed by atoms with Crippen LogP contribution in [0.2, 0.25) is 0 Å². The molecule has 0 saturated carbocycles. The molecule has 134 valence electrons. The molecule has 7 nitrogen and oxygen atoms in total. The second-order valence-corrected chi connectivity index (χ2v) is 5.80. The van der Waals surface area contributed by atoms with Crippen LogP contribution in [0.3, 0.4) is 0 Å². The highest BCUT2D eigenvalue weighted by molar-refractivity contribution is 7.81. The molecule has 0 aliphatic heterocycles. The number of nitro benzene ring substituents is 1. The van der Waals surface area contributed by atoms with Crippen molar-refractivity contribution in [3.05, 3.63) is 75.8 Å². The Morgan fingerprint density at radius 3 is 2.27 bits per heavy atom. The molecule has 0 aliphatic carbocycles. The monoisotopic (exact) mass is 373 g/mol. The predicted octanol–water partition coefficient (Wildman–Crippen LogP) is 3.27. The molecule has 2 aromatic carbocycles. The topological polar surface area (TPSA) is 107 Å². The van der Waals surface area contributed by atoms with Crippen LogP contribution in [0, 0.1) is 10.1 Å². The number of carboxylic acid groups (broad SMARTS) is 1. The maximum absolute atomic E-state index is 12.2. The van der Waals surface area contributed by atoms with Crippen LogP contribution in [0.5, 0.6) is 0 Å². The Morgan fingerprint density at radius 2 is 1.73 bits per heavy atom. The molecule has 2 rings (SSSR count). The second kappa shape index (κ2) is 8.82. The van der Waals surface area contributed by atoms with E-state index in [0.717, 1.165) is 0 Å². The van der Waals surface area contributed by atoms with Crippen molar-refractivity contribution in [2.45, 2.75) is 18.9 Å². The number of rotatable bonds is 8. The Morgan fingerprint density at radius 1 is 1.12 bits per heavy atom. The number of carbonyl (C=O) groups excluding carboxylic acids is 1. The van der Waals surface area contributed by atoms with Gasteiger partial charge in [0.15, 0.2) is 0 Å². The molecule has 26 heavy (non-hydrogen) atoms. The van der Waals surface area contributed by atoms with Gasteiger partial charge in [0.2, 0.25) is 10.8 Å². The molecular formula is C18H15NO6S. The second-order valence-electron chi connectivity index (χ2n) is 5.43. The third-order valence-corrected chi connectivity index (χ3v) is 3.98. The number of aliphatic carboxylic acids is 1. The predicted molar refractivity (Wildman–Crippen MR) is 96.9 cm³/mol. The van der Waals surface area contributed by atoms with E-state index in [4.69, 9.17) is 17.0 Å². The van der Waals surface area contributed by atoms with Crippen LogP contribution in [-0.2, 0) is 20.9 Å². The zero-order valence-electron chi connectivity index (χ0n) is 13.5. The number of nitro groups is 1. The molecule has 1 unspecified atom stereocenters. The lowest BCUT2D eigenvalue weighted by atomic mass is 9.94. The fourth-order valence-corrected chi connectivity index (χ4v) is 2.39. The van der Waals surface area contributed by atoms with E-state index in [1.165, 1.54) is 24.3 Å². The van der Waals surface area contributed by atoms with Gasteiger partial charge in [-0.25, -0.2) is 0 Å². The molecule has 8 heteroatoms. The number of Topliss-reactive ketones (excluding diaryl/α,β-unsaturated/α-hetero) is 1. The number of nitrogens with zero attached hydrogens (tertiary/aromatic N) is 1. The molecule has 0 fully saturated rings. The van der Waals surface area contributed by atoms with Gasteiger partial charge in [0, 0.05) is 18.6 Å². The minimum absolute atomic E-state index is 0.0361. The Balaban J connectivity index is 1.95. The van der Waals surface area contributed by atoms with E-state index in [-0.39, 0.29) is 23.8 Å². The van der Waals surface area contributed by atoms with Crippen molar-refractivity contribution in [3.63, 3.8) is 0 Å². The van der Waals surface area contributed by atoms with Crippen LogP contribution < -0.4 is 0 Å². The molecule has 0 spiro atoms. The maximum atomic E-state index is 12.2. The minimum atomic E-state index is -1.12. The Kier molecular flexibility index (Phi) is 6.51. The normalized spacial score (nSPS) is 11.4. The maximum Gasteiger partial charge on any atom is 0.311 e. The molecule has 1 N–H and O–H groups in total. The molecule has 0 radical (unpaired) electrons. The molecule has 0 amide bonds. The number of carboxylic acids is 1. The molecule has 0 bridgehead atoms. The van der Waals surface area contributed by atoms with E-state index in [1.54, 1.807) is 30.3 Å². The number of carbonyl (C=O) groups is 2. The minimum Gasteiger partial charge on any atom is -0.481 e. The summed E-state index contributed by atoms with van der Waals surface area (Å²) in [5, 5.41) is 19.6. The Hall–Kier alpha value is -3.13. The first-order chi connectivity index (χ1) is 12.4. The lowest BCUT2D eigenvalue weighted by Gasteiger charge is -2.13. The highest BCUT2D eigenvalue weighted by Crippen LogP contribution is 2.21. The summed E-state index contributed by atoms with van der Waals surface area (Å²) in [6, 6.07) is 14.0. The number of hydrogen-bond acceptors (Lipinski definition) is 6. The van der Waals surface area contributed by atoms with Crippen molar-refractivity contribution in [1.82, 2.24) is 0 Å². The fourth-order valence-electron chi connectivity index (χ4n) is 2.25. The fraction of sp³-hybridized carbons (Fsp3) is 0.167. The highest BCUT2D eigenvalue weighted by atomic mass is 32.1. The first-order valence-corrected chi connectivity index (χ1v) is 8.00. The Labute approximate surface area is 154 Å². The number of non-ortho nitro benzene ring substituents is 1. The zero-order valence-corrected chi connectivity index (χ0v) is 14.3. The van der Waals surface area contributed by atoms with Crippen LogP contribution in [0.25, 0.3) is 0 Å². The van der Waals surface area contributed by atoms with Gasteiger partial charge in [-0.2, -0.15) is 0 Å². The summed E-state index contributed by atoms with van der Waals surface area (Å²) in [5.41, 5.74) is 1.05. The van der Waals surface area contributed by atoms with Gasteiger partial charge in [0.25, 0.3) is 5.69 Å². The third-order valence-electron chi connectivity index (χ3n) is 3.63. The van der Waals surface area contributed by atoms with Gasteiger partial charge in [0.05, 0.1) is 10.8 Å². The van der Waals surface area contributed by atoms with E-state index >= 15 is 0 Å². The van der Waals surface area contributed by atoms with E-state index < -0.39 is 22.6 Å². The van der Waals surface area contributed by atoms with Gasteiger partial charge in [-0.15, -0.1) is 0 Å².